The Kier molecular flexibility index (Phi) is 5.87. The van der Waals surface area contributed by atoms with Crippen LogP contribution in [0.5, 0.6) is 5.75 Å². The molecule has 0 bridgehead atoms. The van der Waals surface area contributed by atoms with Gasteiger partial charge in [-0.05, 0) is 56.3 Å². The van der Waals surface area contributed by atoms with Gasteiger partial charge in [0.1, 0.15) is 11.6 Å². The summed E-state index contributed by atoms with van der Waals surface area (Å²) in [5, 5.41) is 15.0. The molecule has 0 aliphatic carbocycles. The Hall–Kier alpha value is -3.85. The molecule has 6 nitrogen and oxygen atoms in total. The zero-order chi connectivity index (χ0) is 19.9. The normalized spacial score (nSPS) is 10.2. The first-order valence-electron chi connectivity index (χ1n) is 8.85. The number of rotatable bonds is 6. The topological polar surface area (TPSA) is 87.0 Å². The van der Waals surface area contributed by atoms with E-state index in [1.54, 1.807) is 42.6 Å². The number of hydrogen-bond donors (Lipinski definition) is 2. The van der Waals surface area contributed by atoms with Crippen LogP contribution in [-0.4, -0.2) is 17.0 Å². The van der Waals surface area contributed by atoms with Crippen LogP contribution in [0, 0.1) is 11.3 Å². The van der Waals surface area contributed by atoms with Crippen molar-refractivity contribution in [2.75, 3.05) is 10.6 Å². The minimum atomic E-state index is -0.285. The van der Waals surface area contributed by atoms with E-state index in [-0.39, 0.29) is 12.0 Å². The molecule has 0 fully saturated rings. The van der Waals surface area contributed by atoms with Gasteiger partial charge in [-0.15, -0.1) is 0 Å². The fraction of sp³-hybridized carbons (Fsp3) is 0.136. The van der Waals surface area contributed by atoms with Crippen LogP contribution in [0.1, 0.15) is 29.8 Å². The maximum Gasteiger partial charge on any atom is 0.255 e. The summed E-state index contributed by atoms with van der Waals surface area (Å²) in [5.74, 6) is 0.952. The van der Waals surface area contributed by atoms with Gasteiger partial charge in [-0.3, -0.25) is 4.79 Å². The molecule has 28 heavy (non-hydrogen) atoms. The van der Waals surface area contributed by atoms with Gasteiger partial charge in [0.25, 0.3) is 5.91 Å². The van der Waals surface area contributed by atoms with Crippen LogP contribution in [0.4, 0.5) is 17.2 Å². The highest BCUT2D eigenvalue weighted by Crippen LogP contribution is 2.27. The van der Waals surface area contributed by atoms with Gasteiger partial charge in [-0.1, -0.05) is 18.2 Å². The summed E-state index contributed by atoms with van der Waals surface area (Å²) in [4.78, 5) is 16.8. The van der Waals surface area contributed by atoms with E-state index in [4.69, 9.17) is 10.00 Å². The molecule has 0 aliphatic rings. The van der Waals surface area contributed by atoms with Crippen molar-refractivity contribution in [3.05, 3.63) is 78.0 Å². The molecule has 0 unspecified atom stereocenters. The Labute approximate surface area is 163 Å². The van der Waals surface area contributed by atoms with Crippen molar-refractivity contribution in [2.45, 2.75) is 20.0 Å². The number of para-hydroxylation sites is 2. The van der Waals surface area contributed by atoms with Crippen molar-refractivity contribution in [2.24, 2.45) is 0 Å². The summed E-state index contributed by atoms with van der Waals surface area (Å²) >= 11 is 0. The van der Waals surface area contributed by atoms with E-state index in [2.05, 4.69) is 21.7 Å². The minimum Gasteiger partial charge on any atom is -0.489 e. The van der Waals surface area contributed by atoms with Crippen molar-refractivity contribution in [3.63, 3.8) is 0 Å². The molecule has 3 aromatic rings. The molecule has 1 amide bonds. The molecule has 0 spiro atoms. The van der Waals surface area contributed by atoms with Crippen molar-refractivity contribution in [1.29, 1.82) is 5.26 Å². The number of aromatic nitrogens is 1. The van der Waals surface area contributed by atoms with Crippen molar-refractivity contribution >= 4 is 23.1 Å². The summed E-state index contributed by atoms with van der Waals surface area (Å²) < 4.78 is 5.80. The molecule has 0 radical (unpaired) electrons. The molecule has 2 N–H and O–H groups in total. The first-order valence-corrected chi connectivity index (χ1v) is 8.85. The first-order chi connectivity index (χ1) is 13.5. The van der Waals surface area contributed by atoms with Gasteiger partial charge in [-0.2, -0.15) is 5.26 Å². The predicted molar refractivity (Wildman–Crippen MR) is 109 cm³/mol. The Morgan fingerprint density at radius 2 is 1.93 bits per heavy atom. The van der Waals surface area contributed by atoms with Gasteiger partial charge >= 0.3 is 0 Å². The number of nitriles is 1. The average Bonchev–Trinajstić information content (AvgIpc) is 2.69. The lowest BCUT2D eigenvalue weighted by atomic mass is 10.2. The number of nitrogens with zero attached hydrogens (tertiary/aromatic N) is 2. The van der Waals surface area contributed by atoms with Crippen LogP contribution >= 0.6 is 0 Å². The molecule has 6 heteroatoms. The number of amides is 1. The van der Waals surface area contributed by atoms with Crippen molar-refractivity contribution in [3.8, 4) is 11.8 Å². The smallest absolute Gasteiger partial charge is 0.255 e. The molecule has 3 rings (SSSR count). The number of carbonyl (C=O) groups is 1. The Balaban J connectivity index is 1.77. The van der Waals surface area contributed by atoms with E-state index in [0.717, 1.165) is 5.69 Å². The highest BCUT2D eigenvalue weighted by Gasteiger charge is 2.10. The van der Waals surface area contributed by atoms with E-state index >= 15 is 0 Å². The number of hydrogen-bond acceptors (Lipinski definition) is 5. The molecule has 2 aromatic carbocycles. The second kappa shape index (κ2) is 8.69. The minimum absolute atomic E-state index is 0.0391. The van der Waals surface area contributed by atoms with Crippen LogP contribution in [0.25, 0.3) is 0 Å². The lowest BCUT2D eigenvalue weighted by Crippen LogP contribution is -2.12. The maximum atomic E-state index is 12.6. The highest BCUT2D eigenvalue weighted by atomic mass is 16.5. The largest absolute Gasteiger partial charge is 0.489 e. The lowest BCUT2D eigenvalue weighted by Gasteiger charge is -2.15. The summed E-state index contributed by atoms with van der Waals surface area (Å²) in [7, 11) is 0. The molecule has 1 aromatic heterocycles. The van der Waals surface area contributed by atoms with E-state index in [0.29, 0.717) is 28.4 Å². The average molecular weight is 372 g/mol. The van der Waals surface area contributed by atoms with E-state index in [1.807, 2.05) is 38.1 Å². The predicted octanol–water partition coefficient (Wildman–Crippen LogP) is 4.74. The number of anilines is 3. The van der Waals surface area contributed by atoms with Crippen LogP contribution in [0.15, 0.2) is 66.9 Å². The highest BCUT2D eigenvalue weighted by molar-refractivity contribution is 6.04. The molecular weight excluding hydrogens is 352 g/mol. The molecule has 140 valence electrons. The first kappa shape index (κ1) is 18.9. The Bertz CT molecular complexity index is 1020. The third-order valence-corrected chi connectivity index (χ3v) is 3.78. The summed E-state index contributed by atoms with van der Waals surface area (Å²) in [6.07, 6.45) is 1.60. The fourth-order valence-electron chi connectivity index (χ4n) is 2.57. The molecule has 1 heterocycles. The zero-order valence-corrected chi connectivity index (χ0v) is 15.6. The summed E-state index contributed by atoms with van der Waals surface area (Å²) in [5.41, 5.74) is 2.26. The number of pyridine rings is 1. The monoisotopic (exact) mass is 372 g/mol. The number of nitrogens with one attached hydrogen (secondary N) is 2. The third-order valence-electron chi connectivity index (χ3n) is 3.78. The van der Waals surface area contributed by atoms with Gasteiger partial charge in [0, 0.05) is 17.4 Å². The molecule has 0 saturated heterocycles. The maximum absolute atomic E-state index is 12.6. The Morgan fingerprint density at radius 1 is 1.11 bits per heavy atom. The van der Waals surface area contributed by atoms with Gasteiger partial charge in [0.05, 0.1) is 23.4 Å². The standard InChI is InChI=1S/C22H20N4O2/c1-15(2)28-20-9-4-3-8-19(20)26-21-13-17(10-11-24-21)22(27)25-18-7-5-6-16(12-18)14-23/h3-13,15H,1-2H3,(H,24,26)(H,25,27). The molecule has 0 atom stereocenters. The quantitative estimate of drug-likeness (QED) is 0.653. The SMILES string of the molecule is CC(C)Oc1ccccc1Nc1cc(C(=O)Nc2cccc(C#N)c2)ccn1. The zero-order valence-electron chi connectivity index (χ0n) is 15.6. The molecule has 0 aliphatic heterocycles. The van der Waals surface area contributed by atoms with Gasteiger partial charge in [0.2, 0.25) is 0 Å². The second-order valence-corrected chi connectivity index (χ2v) is 6.36. The van der Waals surface area contributed by atoms with Crippen LogP contribution in [0.3, 0.4) is 0 Å². The number of carbonyl (C=O) groups excluding carboxylic acids is 1. The number of benzene rings is 2. The molecular formula is C22H20N4O2. The second-order valence-electron chi connectivity index (χ2n) is 6.36. The Morgan fingerprint density at radius 3 is 2.71 bits per heavy atom. The van der Waals surface area contributed by atoms with Gasteiger partial charge in [-0.25, -0.2) is 4.98 Å². The summed E-state index contributed by atoms with van der Waals surface area (Å²) in [6, 6.07) is 19.7. The fourth-order valence-corrected chi connectivity index (χ4v) is 2.57. The van der Waals surface area contributed by atoms with Crippen LogP contribution in [-0.2, 0) is 0 Å². The van der Waals surface area contributed by atoms with Crippen LogP contribution < -0.4 is 15.4 Å². The summed E-state index contributed by atoms with van der Waals surface area (Å²) in [6.45, 7) is 3.92. The van der Waals surface area contributed by atoms with Crippen molar-refractivity contribution < 1.29 is 9.53 Å². The van der Waals surface area contributed by atoms with E-state index in [9.17, 15) is 4.79 Å². The number of ether oxygens (including phenoxy) is 1. The van der Waals surface area contributed by atoms with E-state index < -0.39 is 0 Å². The van der Waals surface area contributed by atoms with Gasteiger partial charge in [0.15, 0.2) is 0 Å². The third kappa shape index (κ3) is 4.86. The lowest BCUT2D eigenvalue weighted by molar-refractivity contribution is 0.102. The molecule has 0 saturated carbocycles. The van der Waals surface area contributed by atoms with Gasteiger partial charge < -0.3 is 15.4 Å². The van der Waals surface area contributed by atoms with Crippen molar-refractivity contribution in [1.82, 2.24) is 4.98 Å². The van der Waals surface area contributed by atoms with Crippen LogP contribution in [0.2, 0.25) is 0 Å². The van der Waals surface area contributed by atoms with E-state index in [1.165, 1.54) is 0 Å².